The quantitative estimate of drug-likeness (QED) is 0.710. The van der Waals surface area contributed by atoms with E-state index in [9.17, 15) is 9.18 Å². The minimum atomic E-state index is -0.450. The molecule has 2 rings (SSSR count). The molecular weight excluding hydrogens is 341 g/mol. The van der Waals surface area contributed by atoms with Gasteiger partial charge in [0.25, 0.3) is 5.91 Å². The van der Waals surface area contributed by atoms with Crippen LogP contribution in [0.2, 0.25) is 5.02 Å². The van der Waals surface area contributed by atoms with Crippen molar-refractivity contribution in [3.63, 3.8) is 0 Å². The predicted octanol–water partition coefficient (Wildman–Crippen LogP) is 5.74. The second-order valence-electron chi connectivity index (χ2n) is 6.53. The molecule has 2 aromatic carbocycles. The zero-order valence-corrected chi connectivity index (χ0v) is 15.7. The molecule has 3 nitrogen and oxygen atoms in total. The molecule has 0 aliphatic heterocycles. The lowest BCUT2D eigenvalue weighted by molar-refractivity contribution is -0.118. The SMILES string of the molecule is CC(C)c1cccc(C(C)C)c1NC(=O)COc1ccc(F)cc1Cl. The molecule has 2 aromatic rings. The van der Waals surface area contributed by atoms with Crippen molar-refractivity contribution in [3.05, 3.63) is 58.4 Å². The number of carbonyl (C=O) groups excluding carboxylic acids is 1. The van der Waals surface area contributed by atoms with Gasteiger partial charge in [-0.25, -0.2) is 4.39 Å². The monoisotopic (exact) mass is 363 g/mol. The van der Waals surface area contributed by atoms with Crippen molar-refractivity contribution in [3.8, 4) is 5.75 Å². The summed E-state index contributed by atoms with van der Waals surface area (Å²) < 4.78 is 18.5. The first-order valence-corrected chi connectivity index (χ1v) is 8.68. The molecule has 0 aliphatic carbocycles. The summed E-state index contributed by atoms with van der Waals surface area (Å²) in [5, 5.41) is 3.10. The third-order valence-corrected chi connectivity index (χ3v) is 4.19. The normalized spacial score (nSPS) is 11.0. The van der Waals surface area contributed by atoms with Gasteiger partial charge in [0.05, 0.1) is 5.02 Å². The Balaban J connectivity index is 2.14. The number of para-hydroxylation sites is 1. The number of benzene rings is 2. The van der Waals surface area contributed by atoms with E-state index in [1.54, 1.807) is 0 Å². The Morgan fingerprint density at radius 3 is 2.24 bits per heavy atom. The van der Waals surface area contributed by atoms with Gasteiger partial charge in [0.2, 0.25) is 0 Å². The van der Waals surface area contributed by atoms with Crippen LogP contribution in [-0.4, -0.2) is 12.5 Å². The van der Waals surface area contributed by atoms with E-state index in [4.69, 9.17) is 16.3 Å². The molecule has 0 aromatic heterocycles. The molecule has 134 valence electrons. The van der Waals surface area contributed by atoms with Gasteiger partial charge in [-0.1, -0.05) is 57.5 Å². The molecule has 0 aliphatic rings. The van der Waals surface area contributed by atoms with Crippen molar-refractivity contribution >= 4 is 23.2 Å². The number of anilines is 1. The number of hydrogen-bond acceptors (Lipinski definition) is 2. The van der Waals surface area contributed by atoms with Crippen molar-refractivity contribution in [1.82, 2.24) is 0 Å². The second kappa shape index (κ2) is 8.34. The van der Waals surface area contributed by atoms with E-state index in [1.165, 1.54) is 12.1 Å². The van der Waals surface area contributed by atoms with Crippen LogP contribution in [0.4, 0.5) is 10.1 Å². The van der Waals surface area contributed by atoms with Crippen LogP contribution in [-0.2, 0) is 4.79 Å². The second-order valence-corrected chi connectivity index (χ2v) is 6.94. The highest BCUT2D eigenvalue weighted by atomic mass is 35.5. The van der Waals surface area contributed by atoms with Crippen LogP contribution in [0.25, 0.3) is 0 Å². The Bertz CT molecular complexity index is 733. The van der Waals surface area contributed by atoms with Crippen molar-refractivity contribution in [1.29, 1.82) is 0 Å². The molecule has 0 fully saturated rings. The van der Waals surface area contributed by atoms with Gasteiger partial charge in [-0.05, 0) is 41.2 Å². The first-order valence-electron chi connectivity index (χ1n) is 8.30. The van der Waals surface area contributed by atoms with Crippen molar-refractivity contribution < 1.29 is 13.9 Å². The molecule has 0 radical (unpaired) electrons. The summed E-state index contributed by atoms with van der Waals surface area (Å²) in [6.45, 7) is 8.15. The molecule has 0 spiro atoms. The number of carbonyl (C=O) groups is 1. The van der Waals surface area contributed by atoms with Gasteiger partial charge >= 0.3 is 0 Å². The highest BCUT2D eigenvalue weighted by Crippen LogP contribution is 2.32. The standard InChI is InChI=1S/C20H23ClFNO2/c1-12(2)15-6-5-7-16(13(3)4)20(15)23-19(24)11-25-18-9-8-14(22)10-17(18)21/h5-10,12-13H,11H2,1-4H3,(H,23,24). The fraction of sp³-hybridized carbons (Fsp3) is 0.350. The molecule has 1 N–H and O–H groups in total. The first kappa shape index (κ1) is 19.3. The number of nitrogens with one attached hydrogen (secondary N) is 1. The van der Waals surface area contributed by atoms with E-state index in [0.29, 0.717) is 0 Å². The molecular formula is C20H23ClFNO2. The third kappa shape index (κ3) is 4.95. The van der Waals surface area contributed by atoms with E-state index in [-0.39, 0.29) is 35.1 Å². The fourth-order valence-electron chi connectivity index (χ4n) is 2.61. The van der Waals surface area contributed by atoms with Crippen LogP contribution in [0.3, 0.4) is 0 Å². The highest BCUT2D eigenvalue weighted by Gasteiger charge is 2.16. The van der Waals surface area contributed by atoms with Crippen molar-refractivity contribution in [2.24, 2.45) is 0 Å². The number of rotatable bonds is 6. The van der Waals surface area contributed by atoms with Crippen LogP contribution in [0.5, 0.6) is 5.75 Å². The van der Waals surface area contributed by atoms with E-state index < -0.39 is 5.82 Å². The average molecular weight is 364 g/mol. The minimum Gasteiger partial charge on any atom is -0.482 e. The third-order valence-electron chi connectivity index (χ3n) is 3.89. The molecule has 0 saturated carbocycles. The van der Waals surface area contributed by atoms with Gasteiger partial charge in [-0.15, -0.1) is 0 Å². The van der Waals surface area contributed by atoms with Crippen LogP contribution < -0.4 is 10.1 Å². The summed E-state index contributed by atoms with van der Waals surface area (Å²) in [4.78, 5) is 12.4. The van der Waals surface area contributed by atoms with Crippen LogP contribution in [0.15, 0.2) is 36.4 Å². The highest BCUT2D eigenvalue weighted by molar-refractivity contribution is 6.32. The lowest BCUT2D eigenvalue weighted by atomic mass is 9.92. The largest absolute Gasteiger partial charge is 0.482 e. The van der Waals surface area contributed by atoms with E-state index in [0.717, 1.165) is 22.9 Å². The van der Waals surface area contributed by atoms with Gasteiger partial charge in [-0.3, -0.25) is 4.79 Å². The Hall–Kier alpha value is -2.07. The average Bonchev–Trinajstić information content (AvgIpc) is 2.53. The summed E-state index contributed by atoms with van der Waals surface area (Å²) in [6.07, 6.45) is 0. The predicted molar refractivity (Wildman–Crippen MR) is 100 cm³/mol. The number of amides is 1. The van der Waals surface area contributed by atoms with Gasteiger partial charge in [0.15, 0.2) is 6.61 Å². The summed E-state index contributed by atoms with van der Waals surface area (Å²) in [6, 6.07) is 9.85. The molecule has 0 bridgehead atoms. The fourth-order valence-corrected chi connectivity index (χ4v) is 2.83. The lowest BCUT2D eigenvalue weighted by Gasteiger charge is -2.20. The van der Waals surface area contributed by atoms with E-state index in [2.05, 4.69) is 33.0 Å². The summed E-state index contributed by atoms with van der Waals surface area (Å²) >= 11 is 5.91. The molecule has 0 saturated heterocycles. The Labute approximate surface area is 153 Å². The molecule has 1 amide bonds. The summed E-state index contributed by atoms with van der Waals surface area (Å²) in [5.41, 5.74) is 3.00. The molecule has 0 unspecified atom stereocenters. The first-order chi connectivity index (χ1) is 11.8. The number of halogens is 2. The maximum absolute atomic E-state index is 13.1. The molecule has 0 atom stereocenters. The van der Waals surface area contributed by atoms with Crippen LogP contribution in [0, 0.1) is 5.82 Å². The number of hydrogen-bond donors (Lipinski definition) is 1. The van der Waals surface area contributed by atoms with Gasteiger partial charge in [-0.2, -0.15) is 0 Å². The van der Waals surface area contributed by atoms with Crippen molar-refractivity contribution in [2.45, 2.75) is 39.5 Å². The minimum absolute atomic E-state index is 0.137. The Morgan fingerprint density at radius 1 is 1.12 bits per heavy atom. The molecule has 0 heterocycles. The maximum atomic E-state index is 13.1. The zero-order chi connectivity index (χ0) is 18.6. The van der Waals surface area contributed by atoms with Gasteiger partial charge in [0, 0.05) is 5.69 Å². The van der Waals surface area contributed by atoms with Crippen LogP contribution in [0.1, 0.15) is 50.7 Å². The number of ether oxygens (including phenoxy) is 1. The topological polar surface area (TPSA) is 38.3 Å². The summed E-state index contributed by atoms with van der Waals surface area (Å²) in [7, 11) is 0. The maximum Gasteiger partial charge on any atom is 0.262 e. The zero-order valence-electron chi connectivity index (χ0n) is 14.9. The molecule has 5 heteroatoms. The van der Waals surface area contributed by atoms with Gasteiger partial charge in [0.1, 0.15) is 11.6 Å². The lowest BCUT2D eigenvalue weighted by Crippen LogP contribution is -2.22. The van der Waals surface area contributed by atoms with Gasteiger partial charge < -0.3 is 10.1 Å². The van der Waals surface area contributed by atoms with Crippen molar-refractivity contribution in [2.75, 3.05) is 11.9 Å². The van der Waals surface area contributed by atoms with Crippen LogP contribution >= 0.6 is 11.6 Å². The Morgan fingerprint density at radius 2 is 1.72 bits per heavy atom. The Kier molecular flexibility index (Phi) is 6.43. The van der Waals surface area contributed by atoms with E-state index >= 15 is 0 Å². The smallest absolute Gasteiger partial charge is 0.262 e. The molecule has 25 heavy (non-hydrogen) atoms. The summed E-state index contributed by atoms with van der Waals surface area (Å²) in [5.74, 6) is 0.104. The van der Waals surface area contributed by atoms with E-state index in [1.807, 2.05) is 18.2 Å².